The molecule has 0 radical (unpaired) electrons. The monoisotopic (exact) mass is 462 g/mol. The fraction of sp³-hybridized carbons (Fsp3) is 0.263. The summed E-state index contributed by atoms with van der Waals surface area (Å²) < 4.78 is 36.4. The third kappa shape index (κ3) is 3.56. The smallest absolute Gasteiger partial charge is 0.497 e. The van der Waals surface area contributed by atoms with Gasteiger partial charge in [0, 0.05) is 5.56 Å². The summed E-state index contributed by atoms with van der Waals surface area (Å²) >= 11 is 0. The summed E-state index contributed by atoms with van der Waals surface area (Å²) in [5.41, 5.74) is -2.82. The zero-order valence-corrected chi connectivity index (χ0v) is 18.0. The summed E-state index contributed by atoms with van der Waals surface area (Å²) in [6.45, 7) is 2.36. The van der Waals surface area contributed by atoms with Gasteiger partial charge in [0.15, 0.2) is 9.84 Å². The molecule has 0 saturated heterocycles. The van der Waals surface area contributed by atoms with Crippen LogP contribution in [0, 0.1) is 27.2 Å². The normalized spacial score (nSPS) is 12.8. The zero-order valence-electron chi connectivity index (χ0n) is 17.2. The Hall–Kier alpha value is -3.87. The molecule has 0 aliphatic rings. The van der Waals surface area contributed by atoms with Crippen molar-refractivity contribution in [1.82, 2.24) is 10.1 Å². The van der Waals surface area contributed by atoms with Gasteiger partial charge < -0.3 is 9.26 Å². The summed E-state index contributed by atoms with van der Waals surface area (Å²) in [7, 11) is -3.10. The molecule has 1 heterocycles. The van der Waals surface area contributed by atoms with Crippen LogP contribution in [0.5, 0.6) is 5.75 Å². The molecule has 1 aromatic heterocycles. The minimum absolute atomic E-state index is 0.184. The number of aromatic nitrogens is 2. The molecule has 0 amide bonds. The Morgan fingerprint density at radius 3 is 2.19 bits per heavy atom. The van der Waals surface area contributed by atoms with E-state index in [0.29, 0.717) is 11.3 Å². The Kier molecular flexibility index (Phi) is 5.94. The molecular formula is C19H18N4O8S. The molecular weight excluding hydrogens is 444 g/mol. The van der Waals surface area contributed by atoms with Crippen LogP contribution < -0.4 is 4.74 Å². The van der Waals surface area contributed by atoms with Crippen LogP contribution in [0.1, 0.15) is 18.4 Å². The number of methoxy groups -OCH3 is 1. The number of nitro groups is 2. The molecule has 3 rings (SSSR count). The predicted octanol–water partition coefficient (Wildman–Crippen LogP) is 2.62. The van der Waals surface area contributed by atoms with Crippen molar-refractivity contribution in [2.24, 2.45) is 0 Å². The van der Waals surface area contributed by atoms with Crippen molar-refractivity contribution in [3.8, 4) is 17.1 Å². The van der Waals surface area contributed by atoms with Crippen molar-refractivity contribution < 1.29 is 27.5 Å². The van der Waals surface area contributed by atoms with Gasteiger partial charge in [0.05, 0.1) is 12.0 Å². The number of aryl methyl sites for hydroxylation is 1. The molecule has 32 heavy (non-hydrogen) atoms. The lowest BCUT2D eigenvalue weighted by Gasteiger charge is -2.20. The second-order valence-corrected chi connectivity index (χ2v) is 9.08. The molecule has 168 valence electrons. The van der Waals surface area contributed by atoms with Gasteiger partial charge in [-0.05, 0) is 49.7 Å². The standard InChI is InChI=1S/C19H18N4O8S/c1-12-6-4-5-7-16(12)32(28,29)13(2)19(22(24)25,23(26)27)18-20-17(21-31-18)14-8-10-15(30-3)11-9-14/h4-11,13H,1-3H3. The first-order valence-electron chi connectivity index (χ1n) is 9.14. The predicted molar refractivity (Wildman–Crippen MR) is 110 cm³/mol. The van der Waals surface area contributed by atoms with Gasteiger partial charge in [-0.15, -0.1) is 0 Å². The van der Waals surface area contributed by atoms with Crippen molar-refractivity contribution in [1.29, 1.82) is 0 Å². The Morgan fingerprint density at radius 1 is 1.06 bits per heavy atom. The van der Waals surface area contributed by atoms with E-state index in [1.165, 1.54) is 44.4 Å². The third-order valence-corrected chi connectivity index (χ3v) is 7.41. The largest absolute Gasteiger partial charge is 0.551 e. The number of rotatable bonds is 8. The van der Waals surface area contributed by atoms with Gasteiger partial charge in [-0.2, -0.15) is 4.98 Å². The van der Waals surface area contributed by atoms with Crippen LogP contribution in [0.2, 0.25) is 0 Å². The highest BCUT2D eigenvalue weighted by molar-refractivity contribution is 7.92. The minimum atomic E-state index is -4.56. The van der Waals surface area contributed by atoms with Gasteiger partial charge in [0.25, 0.3) is 0 Å². The molecule has 12 nitrogen and oxygen atoms in total. The first-order chi connectivity index (χ1) is 15.1. The van der Waals surface area contributed by atoms with Gasteiger partial charge >= 0.3 is 11.6 Å². The lowest BCUT2D eigenvalue weighted by atomic mass is 10.1. The quantitative estimate of drug-likeness (QED) is 0.275. The first kappa shape index (κ1) is 22.8. The van der Waals surface area contributed by atoms with Crippen molar-refractivity contribution in [3.63, 3.8) is 0 Å². The second kappa shape index (κ2) is 8.34. The van der Waals surface area contributed by atoms with Crippen molar-refractivity contribution in [2.45, 2.75) is 29.7 Å². The summed E-state index contributed by atoms with van der Waals surface area (Å²) in [4.78, 5) is 25.0. The maximum atomic E-state index is 13.2. The fourth-order valence-corrected chi connectivity index (χ4v) is 5.08. The van der Waals surface area contributed by atoms with E-state index in [1.54, 1.807) is 18.2 Å². The number of nitrogens with zero attached hydrogens (tertiary/aromatic N) is 4. The number of hydrogen-bond acceptors (Lipinski definition) is 10. The van der Waals surface area contributed by atoms with Crippen LogP contribution in [0.25, 0.3) is 11.4 Å². The SMILES string of the molecule is COc1ccc(-c2noc(C(C(C)S(=O)(=O)c3ccccc3C)([N+](=O)[O-])[N+](=O)[O-])n2)cc1. The lowest BCUT2D eigenvalue weighted by molar-refractivity contribution is -0.812. The van der Waals surface area contributed by atoms with E-state index in [1.807, 2.05) is 0 Å². The summed E-state index contributed by atoms with van der Waals surface area (Å²) in [5, 5.41) is 25.5. The Bertz CT molecular complexity index is 1260. The average Bonchev–Trinajstić information content (AvgIpc) is 3.24. The molecule has 0 spiro atoms. The molecule has 2 aromatic carbocycles. The van der Waals surface area contributed by atoms with Gasteiger partial charge in [-0.1, -0.05) is 23.4 Å². The summed E-state index contributed by atoms with van der Waals surface area (Å²) in [6, 6.07) is 11.8. The van der Waals surface area contributed by atoms with E-state index in [0.717, 1.165) is 6.92 Å². The van der Waals surface area contributed by atoms with Crippen LogP contribution in [-0.4, -0.2) is 40.8 Å². The van der Waals surface area contributed by atoms with E-state index >= 15 is 0 Å². The molecule has 1 atom stereocenters. The Morgan fingerprint density at radius 2 is 1.66 bits per heavy atom. The topological polar surface area (TPSA) is 169 Å². The number of benzene rings is 2. The van der Waals surface area contributed by atoms with E-state index in [2.05, 4.69) is 10.1 Å². The molecule has 1 unspecified atom stereocenters. The van der Waals surface area contributed by atoms with Gasteiger partial charge in [-0.25, -0.2) is 8.42 Å². The van der Waals surface area contributed by atoms with Gasteiger partial charge in [0.1, 0.15) is 15.6 Å². The number of sulfone groups is 1. The van der Waals surface area contributed by atoms with Crippen LogP contribution in [-0.2, 0) is 15.5 Å². The summed E-state index contributed by atoms with van der Waals surface area (Å²) in [5.74, 6) is -0.723. The molecule has 0 aliphatic heterocycles. The highest BCUT2D eigenvalue weighted by Crippen LogP contribution is 2.37. The van der Waals surface area contributed by atoms with Gasteiger partial charge in [0.2, 0.25) is 11.1 Å². The molecule has 3 aromatic rings. The second-order valence-electron chi connectivity index (χ2n) is 6.84. The van der Waals surface area contributed by atoms with Crippen molar-refractivity contribution >= 4 is 9.84 Å². The van der Waals surface area contributed by atoms with E-state index in [-0.39, 0.29) is 16.3 Å². The molecule has 0 bridgehead atoms. The zero-order chi connectivity index (χ0) is 23.7. The summed E-state index contributed by atoms with van der Waals surface area (Å²) in [6.07, 6.45) is 0. The van der Waals surface area contributed by atoms with Crippen molar-refractivity contribution in [2.75, 3.05) is 7.11 Å². The molecule has 0 aliphatic carbocycles. The maximum absolute atomic E-state index is 13.2. The minimum Gasteiger partial charge on any atom is -0.497 e. The van der Waals surface area contributed by atoms with Crippen molar-refractivity contribution in [3.05, 3.63) is 80.2 Å². The molecule has 13 heteroatoms. The molecule has 0 saturated carbocycles. The number of ether oxygens (including phenoxy) is 1. The maximum Gasteiger partial charge on any atom is 0.551 e. The highest BCUT2D eigenvalue weighted by atomic mass is 32.2. The lowest BCUT2D eigenvalue weighted by Crippen LogP contribution is -2.54. The van der Waals surface area contributed by atoms with E-state index in [4.69, 9.17) is 9.26 Å². The first-order valence-corrected chi connectivity index (χ1v) is 10.7. The van der Waals surface area contributed by atoms with Crippen LogP contribution >= 0.6 is 0 Å². The molecule has 0 fully saturated rings. The van der Waals surface area contributed by atoms with Gasteiger partial charge in [-0.3, -0.25) is 20.2 Å². The Labute approximate surface area is 182 Å². The van der Waals surface area contributed by atoms with Crippen LogP contribution in [0.4, 0.5) is 0 Å². The fourth-order valence-electron chi connectivity index (χ4n) is 3.21. The van der Waals surface area contributed by atoms with Crippen LogP contribution in [0.15, 0.2) is 57.9 Å². The number of hydrogen-bond donors (Lipinski definition) is 0. The third-order valence-electron chi connectivity index (χ3n) is 5.08. The Balaban J connectivity index is 2.17. The van der Waals surface area contributed by atoms with Crippen LogP contribution in [0.3, 0.4) is 0 Å². The highest BCUT2D eigenvalue weighted by Gasteiger charge is 2.72. The average molecular weight is 462 g/mol. The van der Waals surface area contributed by atoms with E-state index < -0.39 is 36.5 Å². The molecule has 0 N–H and O–H groups in total. The van der Waals surface area contributed by atoms with E-state index in [9.17, 15) is 28.6 Å².